The molecule has 1 aliphatic heterocycles. The Morgan fingerprint density at radius 3 is 2.34 bits per heavy atom. The first kappa shape index (κ1) is 22.2. The number of piperazine rings is 1. The Hall–Kier alpha value is -2.97. The van der Waals surface area contributed by atoms with E-state index in [1.54, 1.807) is 36.4 Å². The summed E-state index contributed by atoms with van der Waals surface area (Å²) in [4.78, 5) is 26.9. The van der Waals surface area contributed by atoms with Crippen LogP contribution in [0.2, 0.25) is 0 Å². The van der Waals surface area contributed by atoms with Crippen molar-refractivity contribution in [3.05, 3.63) is 76.1 Å². The maximum Gasteiger partial charge on any atom is 0.289 e. The van der Waals surface area contributed by atoms with E-state index in [4.69, 9.17) is 4.42 Å². The van der Waals surface area contributed by atoms with E-state index in [9.17, 15) is 18.0 Å². The predicted octanol–water partition coefficient (Wildman–Crippen LogP) is 3.45. The number of rotatable bonds is 5. The fraction of sp³-hybridized carbons (Fsp3) is 0.333. The van der Waals surface area contributed by atoms with Gasteiger partial charge in [-0.1, -0.05) is 38.1 Å². The first-order chi connectivity index (χ1) is 15.3. The van der Waals surface area contributed by atoms with Crippen LogP contribution in [0.4, 0.5) is 0 Å². The van der Waals surface area contributed by atoms with Crippen molar-refractivity contribution in [3.63, 3.8) is 0 Å². The monoisotopic (exact) mass is 454 g/mol. The maximum absolute atomic E-state index is 13.0. The predicted molar refractivity (Wildman–Crippen MR) is 122 cm³/mol. The van der Waals surface area contributed by atoms with Crippen LogP contribution in [0.25, 0.3) is 11.0 Å². The first-order valence-corrected chi connectivity index (χ1v) is 12.2. The molecule has 2 aromatic carbocycles. The zero-order chi connectivity index (χ0) is 22.9. The number of carbonyl (C=O) groups is 1. The standard InChI is InChI=1S/C24H26N2O5S/c1-3-17(2)18-8-10-19(11-9-18)32(29,30)26-14-12-25(13-15-26)24(28)23-16-21(27)20-6-4-5-7-22(20)31-23/h4-11,16-17H,3,12-15H2,1-2H3. The van der Waals surface area contributed by atoms with E-state index < -0.39 is 15.9 Å². The number of para-hydroxylation sites is 1. The third kappa shape index (κ3) is 4.20. The summed E-state index contributed by atoms with van der Waals surface area (Å²) in [5.74, 6) is -0.0788. The number of amides is 1. The van der Waals surface area contributed by atoms with Crippen LogP contribution in [-0.2, 0) is 10.0 Å². The molecule has 1 aliphatic rings. The van der Waals surface area contributed by atoms with E-state index in [0.717, 1.165) is 12.0 Å². The molecule has 0 bridgehead atoms. The average Bonchev–Trinajstić information content (AvgIpc) is 2.83. The first-order valence-electron chi connectivity index (χ1n) is 10.7. The molecule has 4 rings (SSSR count). The van der Waals surface area contributed by atoms with E-state index in [0.29, 0.717) is 16.9 Å². The van der Waals surface area contributed by atoms with Crippen molar-refractivity contribution >= 4 is 26.9 Å². The Kier molecular flexibility index (Phi) is 6.17. The van der Waals surface area contributed by atoms with Crippen LogP contribution in [0, 0.1) is 0 Å². The second-order valence-corrected chi connectivity index (χ2v) is 9.98. The highest BCUT2D eigenvalue weighted by atomic mass is 32.2. The molecule has 7 nitrogen and oxygen atoms in total. The minimum atomic E-state index is -3.64. The molecule has 1 saturated heterocycles. The lowest BCUT2D eigenvalue weighted by molar-refractivity contribution is 0.0666. The van der Waals surface area contributed by atoms with Gasteiger partial charge in [-0.15, -0.1) is 0 Å². The van der Waals surface area contributed by atoms with Crippen LogP contribution >= 0.6 is 0 Å². The number of hydrogen-bond acceptors (Lipinski definition) is 5. The molecule has 8 heteroatoms. The summed E-state index contributed by atoms with van der Waals surface area (Å²) >= 11 is 0. The van der Waals surface area contributed by atoms with E-state index in [1.807, 2.05) is 12.1 Å². The Labute approximate surface area is 187 Å². The number of nitrogens with zero attached hydrogens (tertiary/aromatic N) is 2. The summed E-state index contributed by atoms with van der Waals surface area (Å²) in [5.41, 5.74) is 1.18. The summed E-state index contributed by atoms with van der Waals surface area (Å²) in [7, 11) is -3.64. The van der Waals surface area contributed by atoms with Gasteiger partial charge in [-0.3, -0.25) is 9.59 Å². The van der Waals surface area contributed by atoms with Gasteiger partial charge in [-0.25, -0.2) is 8.42 Å². The molecule has 168 valence electrons. The topological polar surface area (TPSA) is 87.9 Å². The smallest absolute Gasteiger partial charge is 0.289 e. The summed E-state index contributed by atoms with van der Waals surface area (Å²) in [6.07, 6.45) is 0.986. The van der Waals surface area contributed by atoms with Crippen molar-refractivity contribution in [2.75, 3.05) is 26.2 Å². The number of fused-ring (bicyclic) bond motifs is 1. The van der Waals surface area contributed by atoms with Crippen molar-refractivity contribution in [3.8, 4) is 0 Å². The Morgan fingerprint density at radius 1 is 1.03 bits per heavy atom. The number of carbonyl (C=O) groups excluding carboxylic acids is 1. The summed E-state index contributed by atoms with van der Waals surface area (Å²) in [6, 6.07) is 15.0. The van der Waals surface area contributed by atoms with Crippen LogP contribution in [0.1, 0.15) is 42.3 Å². The van der Waals surface area contributed by atoms with Gasteiger partial charge in [0, 0.05) is 32.2 Å². The molecular weight excluding hydrogens is 428 g/mol. The van der Waals surface area contributed by atoms with Crippen molar-refractivity contribution < 1.29 is 17.6 Å². The minimum Gasteiger partial charge on any atom is -0.451 e. The number of hydrogen-bond donors (Lipinski definition) is 0. The van der Waals surface area contributed by atoms with Gasteiger partial charge in [0.15, 0.2) is 11.2 Å². The van der Waals surface area contributed by atoms with Crippen LogP contribution in [0.5, 0.6) is 0 Å². The molecule has 0 aliphatic carbocycles. The van der Waals surface area contributed by atoms with Gasteiger partial charge in [0.05, 0.1) is 10.3 Å². The molecule has 1 fully saturated rings. The lowest BCUT2D eigenvalue weighted by Crippen LogP contribution is -2.50. The highest BCUT2D eigenvalue weighted by Gasteiger charge is 2.31. The molecule has 3 aromatic rings. The van der Waals surface area contributed by atoms with Crippen LogP contribution in [0.15, 0.2) is 68.7 Å². The van der Waals surface area contributed by atoms with Crippen molar-refractivity contribution in [2.45, 2.75) is 31.1 Å². The largest absolute Gasteiger partial charge is 0.451 e. The van der Waals surface area contributed by atoms with Crippen LogP contribution < -0.4 is 5.43 Å². The van der Waals surface area contributed by atoms with Crippen molar-refractivity contribution in [2.24, 2.45) is 0 Å². The summed E-state index contributed by atoms with van der Waals surface area (Å²) < 4.78 is 33.1. The van der Waals surface area contributed by atoms with Gasteiger partial charge < -0.3 is 9.32 Å². The number of benzene rings is 2. The number of sulfonamides is 1. The molecule has 1 amide bonds. The lowest BCUT2D eigenvalue weighted by atomic mass is 9.99. The second-order valence-electron chi connectivity index (χ2n) is 8.05. The van der Waals surface area contributed by atoms with E-state index >= 15 is 0 Å². The molecule has 0 radical (unpaired) electrons. The van der Waals surface area contributed by atoms with Crippen molar-refractivity contribution in [1.82, 2.24) is 9.21 Å². The van der Waals surface area contributed by atoms with Gasteiger partial charge >= 0.3 is 0 Å². The highest BCUT2D eigenvalue weighted by molar-refractivity contribution is 7.89. The molecule has 32 heavy (non-hydrogen) atoms. The Balaban J connectivity index is 1.46. The molecule has 1 aromatic heterocycles. The molecule has 0 N–H and O–H groups in total. The average molecular weight is 455 g/mol. The fourth-order valence-corrected chi connectivity index (χ4v) is 5.27. The zero-order valence-corrected chi connectivity index (χ0v) is 19.0. The molecule has 0 spiro atoms. The molecule has 0 saturated carbocycles. The molecule has 1 atom stereocenters. The quantitative estimate of drug-likeness (QED) is 0.589. The fourth-order valence-electron chi connectivity index (χ4n) is 3.85. The zero-order valence-electron chi connectivity index (χ0n) is 18.2. The van der Waals surface area contributed by atoms with Crippen LogP contribution in [0.3, 0.4) is 0 Å². The third-order valence-electron chi connectivity index (χ3n) is 6.07. The van der Waals surface area contributed by atoms with Gasteiger partial charge in [-0.2, -0.15) is 4.31 Å². The minimum absolute atomic E-state index is 0.0364. The molecular formula is C24H26N2O5S. The normalized spacial score (nSPS) is 16.2. The molecule has 2 heterocycles. The maximum atomic E-state index is 13.0. The summed E-state index contributed by atoms with van der Waals surface area (Å²) in [5, 5.41) is 0.416. The van der Waals surface area contributed by atoms with E-state index in [-0.39, 0.29) is 42.3 Å². The van der Waals surface area contributed by atoms with E-state index in [1.165, 1.54) is 15.3 Å². The second kappa shape index (κ2) is 8.88. The Bertz CT molecular complexity index is 1290. The van der Waals surface area contributed by atoms with Crippen LogP contribution in [-0.4, -0.2) is 49.7 Å². The highest BCUT2D eigenvalue weighted by Crippen LogP contribution is 2.23. The lowest BCUT2D eigenvalue weighted by Gasteiger charge is -2.33. The Morgan fingerprint density at radius 2 is 1.69 bits per heavy atom. The SMILES string of the molecule is CCC(C)c1ccc(S(=O)(=O)N2CCN(C(=O)c3cc(=O)c4ccccc4o3)CC2)cc1. The van der Waals surface area contributed by atoms with Gasteiger partial charge in [0.25, 0.3) is 5.91 Å². The van der Waals surface area contributed by atoms with Crippen molar-refractivity contribution in [1.29, 1.82) is 0 Å². The summed E-state index contributed by atoms with van der Waals surface area (Å²) in [6.45, 7) is 5.01. The van der Waals surface area contributed by atoms with Gasteiger partial charge in [0.2, 0.25) is 10.0 Å². The van der Waals surface area contributed by atoms with Gasteiger partial charge in [-0.05, 0) is 42.2 Å². The van der Waals surface area contributed by atoms with E-state index in [2.05, 4.69) is 13.8 Å². The molecule has 1 unspecified atom stereocenters. The van der Waals surface area contributed by atoms with Gasteiger partial charge in [0.1, 0.15) is 5.58 Å². The third-order valence-corrected chi connectivity index (χ3v) is 7.98.